The van der Waals surface area contributed by atoms with Crippen molar-refractivity contribution in [2.24, 2.45) is 11.8 Å². The summed E-state index contributed by atoms with van der Waals surface area (Å²) in [5, 5.41) is 5.17. The van der Waals surface area contributed by atoms with Crippen LogP contribution in [0.15, 0.2) is 0 Å². The normalized spacial score (nSPS) is 10.9. The number of ether oxygens (including phenoxy) is 2. The van der Waals surface area contributed by atoms with Gasteiger partial charge in [-0.3, -0.25) is 10.1 Å². The Hall–Kier alpha value is -1.09. The molecule has 0 saturated heterocycles. The fourth-order valence-electron chi connectivity index (χ4n) is 3.24. The molecule has 0 aromatic rings. The van der Waals surface area contributed by atoms with Crippen molar-refractivity contribution in [2.45, 2.75) is 79.1 Å². The molecule has 9 heteroatoms. The van der Waals surface area contributed by atoms with Gasteiger partial charge in [0.25, 0.3) is 0 Å². The first kappa shape index (κ1) is 29.9. The van der Waals surface area contributed by atoms with Gasteiger partial charge in [0.2, 0.25) is 5.91 Å². The third-order valence-corrected chi connectivity index (χ3v) is 7.02. The predicted molar refractivity (Wildman–Crippen MR) is 130 cm³/mol. The van der Waals surface area contributed by atoms with E-state index in [1.165, 1.54) is 10.8 Å². The monoisotopic (exact) mass is 478 g/mol. The molecule has 7 nitrogen and oxygen atoms in total. The van der Waals surface area contributed by atoms with Gasteiger partial charge in [-0.25, -0.2) is 9.59 Å². The summed E-state index contributed by atoms with van der Waals surface area (Å²) in [7, 11) is 3.09. The lowest BCUT2D eigenvalue weighted by Gasteiger charge is -2.15. The summed E-state index contributed by atoms with van der Waals surface area (Å²) < 4.78 is 10.2. The van der Waals surface area contributed by atoms with E-state index in [2.05, 4.69) is 24.5 Å². The molecule has 0 heterocycles. The summed E-state index contributed by atoms with van der Waals surface area (Å²) in [6.07, 6.45) is 6.79. The third-order valence-electron chi connectivity index (χ3n) is 4.68. The molecule has 0 aromatic carbocycles. The molecule has 0 aromatic heterocycles. The summed E-state index contributed by atoms with van der Waals surface area (Å²) in [4.78, 5) is 35.6. The Bertz CT molecular complexity index is 483. The van der Waals surface area contributed by atoms with E-state index in [1.807, 2.05) is 13.8 Å². The lowest BCUT2D eigenvalue weighted by molar-refractivity contribution is -0.124. The van der Waals surface area contributed by atoms with Crippen molar-refractivity contribution in [2.75, 3.05) is 31.3 Å². The van der Waals surface area contributed by atoms with Crippen LogP contribution in [0.5, 0.6) is 0 Å². The molecule has 0 spiro atoms. The fourth-order valence-corrected chi connectivity index (χ4v) is 4.89. The third kappa shape index (κ3) is 17.2. The molecular weight excluding hydrogens is 436 g/mol. The summed E-state index contributed by atoms with van der Waals surface area (Å²) >= 11 is 0. The van der Waals surface area contributed by atoms with Gasteiger partial charge in [-0.15, -0.1) is 0 Å². The van der Waals surface area contributed by atoms with E-state index in [0.717, 1.165) is 51.4 Å². The van der Waals surface area contributed by atoms with Crippen LogP contribution in [0.25, 0.3) is 0 Å². The topological polar surface area (TPSA) is 93.7 Å². The maximum Gasteiger partial charge on any atom is 0.413 e. The van der Waals surface area contributed by atoms with Gasteiger partial charge in [-0.1, -0.05) is 75.0 Å². The van der Waals surface area contributed by atoms with E-state index < -0.39 is 6.09 Å². The van der Waals surface area contributed by atoms with E-state index in [9.17, 15) is 14.4 Å². The van der Waals surface area contributed by atoms with Crippen molar-refractivity contribution in [3.05, 3.63) is 0 Å². The molecule has 31 heavy (non-hydrogen) atoms. The van der Waals surface area contributed by atoms with Gasteiger partial charge in [0.15, 0.2) is 0 Å². The number of amides is 3. The summed E-state index contributed by atoms with van der Waals surface area (Å²) in [5.41, 5.74) is 0. The molecule has 0 atom stereocenters. The van der Waals surface area contributed by atoms with Crippen LogP contribution in [0, 0.1) is 11.8 Å². The van der Waals surface area contributed by atoms with Crippen molar-refractivity contribution in [3.63, 3.8) is 0 Å². The number of hydrogen-bond donors (Lipinski definition) is 2. The molecule has 0 aliphatic heterocycles. The van der Waals surface area contributed by atoms with Gasteiger partial charge >= 0.3 is 12.2 Å². The van der Waals surface area contributed by atoms with Gasteiger partial charge in [-0.05, 0) is 31.6 Å². The molecule has 0 rings (SSSR count). The Kier molecular flexibility index (Phi) is 20.1. The quantitative estimate of drug-likeness (QED) is 0.190. The van der Waals surface area contributed by atoms with E-state index in [4.69, 9.17) is 9.47 Å². The number of carbonyl (C=O) groups excluding carboxylic acids is 3. The zero-order valence-electron chi connectivity index (χ0n) is 19.7. The van der Waals surface area contributed by atoms with Crippen LogP contribution in [-0.2, 0) is 14.3 Å². The summed E-state index contributed by atoms with van der Waals surface area (Å²) in [6, 6.07) is 0. The first-order valence-corrected chi connectivity index (χ1v) is 14.1. The Balaban J connectivity index is 3.72. The van der Waals surface area contributed by atoms with E-state index in [1.54, 1.807) is 10.8 Å². The first-order chi connectivity index (χ1) is 15.0. The van der Waals surface area contributed by atoms with Crippen LogP contribution < -0.4 is 10.6 Å². The molecular formula is C22H42N2O5S2. The highest BCUT2D eigenvalue weighted by Gasteiger charge is 2.19. The van der Waals surface area contributed by atoms with Gasteiger partial charge < -0.3 is 14.8 Å². The van der Waals surface area contributed by atoms with Gasteiger partial charge in [0.1, 0.15) is 13.2 Å². The Morgan fingerprint density at radius 1 is 0.742 bits per heavy atom. The number of nitrogens with one attached hydrogen (secondary N) is 2. The van der Waals surface area contributed by atoms with Crippen molar-refractivity contribution >= 4 is 39.7 Å². The molecule has 0 saturated carbocycles. The molecule has 182 valence electrons. The molecule has 0 bridgehead atoms. The van der Waals surface area contributed by atoms with E-state index in [-0.39, 0.29) is 24.5 Å². The average Bonchev–Trinajstić information content (AvgIpc) is 2.74. The highest BCUT2D eigenvalue weighted by molar-refractivity contribution is 8.76. The van der Waals surface area contributed by atoms with Crippen LogP contribution in [0.3, 0.4) is 0 Å². The Labute approximate surface area is 196 Å². The van der Waals surface area contributed by atoms with Crippen LogP contribution >= 0.6 is 21.6 Å². The highest BCUT2D eigenvalue weighted by Crippen LogP contribution is 2.20. The Morgan fingerprint density at radius 2 is 1.23 bits per heavy atom. The van der Waals surface area contributed by atoms with Gasteiger partial charge in [0, 0.05) is 24.0 Å². The van der Waals surface area contributed by atoms with Crippen LogP contribution in [0.1, 0.15) is 79.1 Å². The zero-order valence-corrected chi connectivity index (χ0v) is 21.3. The minimum atomic E-state index is -0.683. The first-order valence-electron chi connectivity index (χ1n) is 11.6. The fraction of sp³-hybridized carbons (Fsp3) is 0.864. The predicted octanol–water partition coefficient (Wildman–Crippen LogP) is 5.78. The second kappa shape index (κ2) is 20.8. The molecule has 3 amide bonds. The van der Waals surface area contributed by atoms with Crippen LogP contribution in [0.2, 0.25) is 0 Å². The molecule has 2 N–H and O–H groups in total. The smallest absolute Gasteiger partial charge is 0.413 e. The van der Waals surface area contributed by atoms with Gasteiger partial charge in [-0.2, -0.15) is 0 Å². The number of rotatable bonds is 18. The largest absolute Gasteiger partial charge is 0.449 e. The molecule has 0 fully saturated rings. The Morgan fingerprint density at radius 3 is 1.71 bits per heavy atom. The van der Waals surface area contributed by atoms with Crippen molar-refractivity contribution in [3.8, 4) is 0 Å². The summed E-state index contributed by atoms with van der Waals surface area (Å²) in [5.74, 6) is 1.40. The van der Waals surface area contributed by atoms with Crippen LogP contribution in [-0.4, -0.2) is 49.4 Å². The minimum Gasteiger partial charge on any atom is -0.449 e. The number of hydrogen-bond acceptors (Lipinski definition) is 7. The number of carbonyl (C=O) groups is 3. The number of imide groups is 1. The molecule has 0 aliphatic carbocycles. The molecule has 0 radical (unpaired) electrons. The van der Waals surface area contributed by atoms with Crippen LogP contribution in [0.4, 0.5) is 9.59 Å². The lowest BCUT2D eigenvalue weighted by Crippen LogP contribution is -2.36. The average molecular weight is 479 g/mol. The number of alkyl carbamates (subject to hydrolysis) is 2. The van der Waals surface area contributed by atoms with E-state index in [0.29, 0.717) is 30.6 Å². The maximum absolute atomic E-state index is 12.1. The van der Waals surface area contributed by atoms with Crippen molar-refractivity contribution < 1.29 is 23.9 Å². The highest BCUT2D eigenvalue weighted by atomic mass is 33.1. The second-order valence-corrected chi connectivity index (χ2v) is 10.2. The van der Waals surface area contributed by atoms with Gasteiger partial charge in [0.05, 0.1) is 0 Å². The molecule has 0 unspecified atom stereocenters. The summed E-state index contributed by atoms with van der Waals surface area (Å²) in [6.45, 7) is 9.59. The van der Waals surface area contributed by atoms with Crippen molar-refractivity contribution in [1.29, 1.82) is 0 Å². The van der Waals surface area contributed by atoms with E-state index >= 15 is 0 Å². The molecule has 0 aliphatic rings. The SMILES string of the molecule is CCCC(CCC)CNC(=O)OCCSSCCOC(=O)NC(=O)C(CCC)CCC. The lowest BCUT2D eigenvalue weighted by atomic mass is 9.97. The maximum atomic E-state index is 12.1. The minimum absolute atomic E-state index is 0.131. The zero-order chi connectivity index (χ0) is 23.3. The van der Waals surface area contributed by atoms with Crippen molar-refractivity contribution in [1.82, 2.24) is 10.6 Å². The second-order valence-electron chi connectivity index (χ2n) is 7.50. The standard InChI is InChI=1S/C22H42N2O5S2/c1-5-9-18(10-6-2)17-23-21(26)28-13-15-30-31-16-14-29-22(27)24-20(25)19(11-7-3)12-8-4/h18-19H,5-17H2,1-4H3,(H,23,26)(H,24,25,27).